The molecule has 0 atom stereocenters. The summed E-state index contributed by atoms with van der Waals surface area (Å²) in [4.78, 5) is 25.7. The Bertz CT molecular complexity index is 966. The highest BCUT2D eigenvalue weighted by Gasteiger charge is 2.40. The number of hydrogen-bond acceptors (Lipinski definition) is 3. The van der Waals surface area contributed by atoms with Crippen molar-refractivity contribution in [2.75, 3.05) is 10.2 Å². The first-order chi connectivity index (χ1) is 13.1. The van der Waals surface area contributed by atoms with E-state index in [1.807, 2.05) is 26.0 Å². The standard InChI is InChI=1S/C20H16ClF3N2O2/c1-11(2)12-6-8-14(9-7-12)25-17-16(21)18(27)26(19(17)28)15-5-3-4-13(10-15)20(22,23)24/h3-11,25H,1-2H3. The van der Waals surface area contributed by atoms with Crippen molar-refractivity contribution >= 4 is 34.8 Å². The fourth-order valence-electron chi connectivity index (χ4n) is 2.76. The van der Waals surface area contributed by atoms with Crippen molar-refractivity contribution < 1.29 is 22.8 Å². The minimum atomic E-state index is -4.60. The molecule has 4 nitrogen and oxygen atoms in total. The molecule has 0 saturated carbocycles. The minimum Gasteiger partial charge on any atom is -0.350 e. The van der Waals surface area contributed by atoms with E-state index in [0.29, 0.717) is 16.5 Å². The Morgan fingerprint density at radius 3 is 2.21 bits per heavy atom. The van der Waals surface area contributed by atoms with Crippen LogP contribution in [0.5, 0.6) is 0 Å². The molecule has 0 saturated heterocycles. The molecule has 1 heterocycles. The van der Waals surface area contributed by atoms with Crippen LogP contribution >= 0.6 is 11.6 Å². The first-order valence-electron chi connectivity index (χ1n) is 8.42. The SMILES string of the molecule is CC(C)c1ccc(NC2=C(Cl)C(=O)N(c3cccc(C(F)(F)F)c3)C2=O)cc1. The highest BCUT2D eigenvalue weighted by molar-refractivity contribution is 6.53. The summed E-state index contributed by atoms with van der Waals surface area (Å²) in [6.07, 6.45) is -4.60. The summed E-state index contributed by atoms with van der Waals surface area (Å²) in [5.74, 6) is -1.38. The van der Waals surface area contributed by atoms with E-state index in [2.05, 4.69) is 5.32 Å². The van der Waals surface area contributed by atoms with Gasteiger partial charge in [0.15, 0.2) is 0 Å². The van der Waals surface area contributed by atoms with Gasteiger partial charge < -0.3 is 5.32 Å². The summed E-state index contributed by atoms with van der Waals surface area (Å²) in [6, 6.07) is 11.2. The maximum absolute atomic E-state index is 12.9. The molecule has 2 amide bonds. The Labute approximate surface area is 164 Å². The molecule has 2 aromatic carbocycles. The van der Waals surface area contributed by atoms with Crippen molar-refractivity contribution in [3.05, 3.63) is 70.4 Å². The van der Waals surface area contributed by atoms with Gasteiger partial charge in [-0.2, -0.15) is 13.2 Å². The number of alkyl halides is 3. The fraction of sp³-hybridized carbons (Fsp3) is 0.200. The summed E-state index contributed by atoms with van der Waals surface area (Å²) < 4.78 is 38.8. The number of benzene rings is 2. The lowest BCUT2D eigenvalue weighted by Crippen LogP contribution is -2.32. The average Bonchev–Trinajstić information content (AvgIpc) is 2.85. The maximum Gasteiger partial charge on any atom is 0.416 e. The van der Waals surface area contributed by atoms with Gasteiger partial charge in [-0.3, -0.25) is 9.59 Å². The van der Waals surface area contributed by atoms with Crippen molar-refractivity contribution in [3.63, 3.8) is 0 Å². The van der Waals surface area contributed by atoms with Crippen LogP contribution in [0.1, 0.15) is 30.9 Å². The van der Waals surface area contributed by atoms with Crippen molar-refractivity contribution in [1.82, 2.24) is 0 Å². The molecule has 1 aliphatic heterocycles. The van der Waals surface area contributed by atoms with Gasteiger partial charge in [0, 0.05) is 5.69 Å². The molecule has 0 bridgehead atoms. The van der Waals surface area contributed by atoms with E-state index in [0.717, 1.165) is 23.8 Å². The molecule has 2 aromatic rings. The second-order valence-corrected chi connectivity index (χ2v) is 6.96. The Hall–Kier alpha value is -2.80. The van der Waals surface area contributed by atoms with Gasteiger partial charge in [-0.1, -0.05) is 43.6 Å². The largest absolute Gasteiger partial charge is 0.416 e. The Morgan fingerprint density at radius 2 is 1.64 bits per heavy atom. The molecule has 1 aliphatic rings. The number of imide groups is 1. The van der Waals surface area contributed by atoms with Gasteiger partial charge in [0.05, 0.1) is 11.3 Å². The number of carbonyl (C=O) groups is 2. The second kappa shape index (κ2) is 7.31. The van der Waals surface area contributed by atoms with Gasteiger partial charge in [0.1, 0.15) is 10.7 Å². The number of nitrogens with one attached hydrogen (secondary N) is 1. The van der Waals surface area contributed by atoms with Gasteiger partial charge in [-0.25, -0.2) is 4.90 Å². The highest BCUT2D eigenvalue weighted by atomic mass is 35.5. The first kappa shape index (κ1) is 19.9. The van der Waals surface area contributed by atoms with Crippen molar-refractivity contribution in [3.8, 4) is 0 Å². The summed E-state index contributed by atoms with van der Waals surface area (Å²) in [5, 5.41) is 2.42. The molecular weight excluding hydrogens is 393 g/mol. The molecule has 8 heteroatoms. The van der Waals surface area contributed by atoms with Crippen LogP contribution in [0.15, 0.2) is 59.3 Å². The second-order valence-electron chi connectivity index (χ2n) is 6.58. The zero-order chi connectivity index (χ0) is 20.6. The van der Waals surface area contributed by atoms with E-state index in [1.54, 1.807) is 12.1 Å². The zero-order valence-corrected chi connectivity index (χ0v) is 15.7. The van der Waals surface area contributed by atoms with Crippen LogP contribution in [-0.2, 0) is 15.8 Å². The molecule has 3 rings (SSSR count). The lowest BCUT2D eigenvalue weighted by Gasteiger charge is -2.17. The van der Waals surface area contributed by atoms with Gasteiger partial charge in [-0.15, -0.1) is 0 Å². The zero-order valence-electron chi connectivity index (χ0n) is 15.0. The van der Waals surface area contributed by atoms with E-state index in [4.69, 9.17) is 11.6 Å². The number of nitrogens with zero attached hydrogens (tertiary/aromatic N) is 1. The number of anilines is 2. The van der Waals surface area contributed by atoms with Crippen molar-refractivity contribution in [2.45, 2.75) is 25.9 Å². The quantitative estimate of drug-likeness (QED) is 0.701. The van der Waals surface area contributed by atoms with Crippen LogP contribution in [0.3, 0.4) is 0 Å². The molecule has 146 valence electrons. The number of carbonyl (C=O) groups excluding carboxylic acids is 2. The van der Waals surface area contributed by atoms with Crippen LogP contribution in [0, 0.1) is 0 Å². The summed E-state index contributed by atoms with van der Waals surface area (Å²) >= 11 is 6.01. The van der Waals surface area contributed by atoms with Gasteiger partial charge in [0.2, 0.25) is 0 Å². The number of halogens is 4. The minimum absolute atomic E-state index is 0.179. The summed E-state index contributed by atoms with van der Waals surface area (Å²) in [5.41, 5.74) is 0.276. The first-order valence-corrected chi connectivity index (χ1v) is 8.80. The number of rotatable bonds is 4. The van der Waals surface area contributed by atoms with Crippen LogP contribution in [0.2, 0.25) is 0 Å². The van der Waals surface area contributed by atoms with E-state index in [9.17, 15) is 22.8 Å². The third-order valence-corrected chi connectivity index (χ3v) is 4.66. The molecule has 1 N–H and O–H groups in total. The van der Waals surface area contributed by atoms with Crippen LogP contribution in [0.4, 0.5) is 24.5 Å². The van der Waals surface area contributed by atoms with Crippen molar-refractivity contribution in [2.24, 2.45) is 0 Å². The summed E-state index contributed by atoms with van der Waals surface area (Å²) in [7, 11) is 0. The molecule has 28 heavy (non-hydrogen) atoms. The predicted octanol–water partition coefficient (Wildman–Crippen LogP) is 5.26. The molecular formula is C20H16ClF3N2O2. The number of hydrogen-bond donors (Lipinski definition) is 1. The molecule has 0 spiro atoms. The average molecular weight is 409 g/mol. The topological polar surface area (TPSA) is 49.4 Å². The summed E-state index contributed by atoms with van der Waals surface area (Å²) in [6.45, 7) is 4.07. The monoisotopic (exact) mass is 408 g/mol. The van der Waals surface area contributed by atoms with Crippen LogP contribution in [-0.4, -0.2) is 11.8 Å². The highest BCUT2D eigenvalue weighted by Crippen LogP contribution is 2.35. The molecule has 0 aliphatic carbocycles. The predicted molar refractivity (Wildman–Crippen MR) is 101 cm³/mol. The van der Waals surface area contributed by atoms with Crippen LogP contribution < -0.4 is 10.2 Å². The Morgan fingerprint density at radius 1 is 1.00 bits per heavy atom. The normalized spacial score (nSPS) is 15.0. The van der Waals surface area contributed by atoms with Gasteiger partial charge in [-0.05, 0) is 41.8 Å². The molecule has 0 fully saturated rings. The molecule has 0 unspecified atom stereocenters. The maximum atomic E-state index is 12.9. The van der Waals surface area contributed by atoms with E-state index >= 15 is 0 Å². The third-order valence-electron chi connectivity index (χ3n) is 4.31. The van der Waals surface area contributed by atoms with Gasteiger partial charge >= 0.3 is 6.18 Å². The smallest absolute Gasteiger partial charge is 0.350 e. The molecule has 0 radical (unpaired) electrons. The van der Waals surface area contributed by atoms with Crippen molar-refractivity contribution in [1.29, 1.82) is 0 Å². The third kappa shape index (κ3) is 3.75. The van der Waals surface area contributed by atoms with E-state index < -0.39 is 23.6 Å². The molecule has 0 aromatic heterocycles. The van der Waals surface area contributed by atoms with Gasteiger partial charge in [0.25, 0.3) is 11.8 Å². The van der Waals surface area contributed by atoms with E-state index in [-0.39, 0.29) is 16.4 Å². The fourth-order valence-corrected chi connectivity index (χ4v) is 2.98. The Kier molecular flexibility index (Phi) is 5.21. The Balaban J connectivity index is 1.88. The lowest BCUT2D eigenvalue weighted by atomic mass is 10.0. The van der Waals surface area contributed by atoms with E-state index in [1.165, 1.54) is 6.07 Å². The number of amides is 2. The van der Waals surface area contributed by atoms with Crippen LogP contribution in [0.25, 0.3) is 0 Å². The lowest BCUT2D eigenvalue weighted by molar-refractivity contribution is -0.137.